The van der Waals surface area contributed by atoms with Crippen molar-refractivity contribution in [3.63, 3.8) is 0 Å². The lowest BCUT2D eigenvalue weighted by molar-refractivity contribution is -0.123. The maximum absolute atomic E-state index is 11.4. The number of rotatable bonds is 6. The lowest BCUT2D eigenvalue weighted by atomic mass is 9.99. The van der Waals surface area contributed by atoms with Crippen molar-refractivity contribution in [2.75, 3.05) is 26.3 Å². The van der Waals surface area contributed by atoms with Crippen LogP contribution in [0.25, 0.3) is 0 Å². The summed E-state index contributed by atoms with van der Waals surface area (Å²) in [6, 6.07) is 0.121. The quantitative estimate of drug-likeness (QED) is 0.641. The molecule has 1 heterocycles. The Morgan fingerprint density at radius 2 is 2.36 bits per heavy atom. The molecule has 0 aromatic heterocycles. The predicted octanol–water partition coefficient (Wildman–Crippen LogP) is 0.137. The average molecular weight is 200 g/mol. The van der Waals surface area contributed by atoms with Gasteiger partial charge in [0.1, 0.15) is 0 Å². The standard InChI is InChI=1S/C10H20N2O2/c1-3-14-7-8(2)12-10(13)4-9-5-11-6-9/h8-9,11H,3-7H2,1-2H3,(H,12,13). The van der Waals surface area contributed by atoms with E-state index < -0.39 is 0 Å². The van der Waals surface area contributed by atoms with Crippen LogP contribution in [0.15, 0.2) is 0 Å². The molecule has 1 aliphatic rings. The molecule has 2 N–H and O–H groups in total. The number of amides is 1. The van der Waals surface area contributed by atoms with Crippen molar-refractivity contribution in [3.05, 3.63) is 0 Å². The summed E-state index contributed by atoms with van der Waals surface area (Å²) in [5.74, 6) is 0.679. The van der Waals surface area contributed by atoms with Crippen molar-refractivity contribution in [1.82, 2.24) is 10.6 Å². The van der Waals surface area contributed by atoms with Gasteiger partial charge in [-0.3, -0.25) is 4.79 Å². The van der Waals surface area contributed by atoms with Gasteiger partial charge in [-0.15, -0.1) is 0 Å². The predicted molar refractivity (Wildman–Crippen MR) is 55.1 cm³/mol. The molecule has 4 heteroatoms. The van der Waals surface area contributed by atoms with Crippen LogP contribution in [0.1, 0.15) is 20.3 Å². The molecule has 0 radical (unpaired) electrons. The van der Waals surface area contributed by atoms with E-state index in [0.29, 0.717) is 25.6 Å². The number of carbonyl (C=O) groups is 1. The van der Waals surface area contributed by atoms with Gasteiger partial charge in [-0.2, -0.15) is 0 Å². The molecule has 1 saturated heterocycles. The largest absolute Gasteiger partial charge is 0.380 e. The van der Waals surface area contributed by atoms with Crippen molar-refractivity contribution in [2.24, 2.45) is 5.92 Å². The monoisotopic (exact) mass is 200 g/mol. The number of nitrogens with one attached hydrogen (secondary N) is 2. The molecule has 0 spiro atoms. The molecule has 1 fully saturated rings. The Labute approximate surface area is 85.4 Å². The van der Waals surface area contributed by atoms with E-state index in [-0.39, 0.29) is 11.9 Å². The minimum absolute atomic E-state index is 0.121. The first-order valence-electron chi connectivity index (χ1n) is 5.30. The summed E-state index contributed by atoms with van der Waals surface area (Å²) in [5.41, 5.74) is 0. The number of ether oxygens (including phenoxy) is 1. The van der Waals surface area contributed by atoms with Crippen molar-refractivity contribution >= 4 is 5.91 Å². The van der Waals surface area contributed by atoms with Gasteiger partial charge in [0.05, 0.1) is 6.61 Å². The first-order chi connectivity index (χ1) is 6.72. The smallest absolute Gasteiger partial charge is 0.220 e. The number of hydrogen-bond donors (Lipinski definition) is 2. The van der Waals surface area contributed by atoms with Gasteiger partial charge in [0, 0.05) is 19.1 Å². The van der Waals surface area contributed by atoms with Crippen LogP contribution in [-0.4, -0.2) is 38.3 Å². The summed E-state index contributed by atoms with van der Waals surface area (Å²) in [5, 5.41) is 6.07. The lowest BCUT2D eigenvalue weighted by Gasteiger charge is -2.26. The van der Waals surface area contributed by atoms with Crippen LogP contribution < -0.4 is 10.6 Å². The maximum atomic E-state index is 11.4. The first kappa shape index (κ1) is 11.5. The third-order valence-corrected chi connectivity index (χ3v) is 2.32. The van der Waals surface area contributed by atoms with E-state index in [1.54, 1.807) is 0 Å². The molecule has 0 saturated carbocycles. The van der Waals surface area contributed by atoms with Gasteiger partial charge in [-0.05, 0) is 32.9 Å². The Balaban J connectivity index is 2.05. The van der Waals surface area contributed by atoms with Crippen molar-refractivity contribution in [3.8, 4) is 0 Å². The second-order valence-electron chi connectivity index (χ2n) is 3.86. The van der Waals surface area contributed by atoms with E-state index in [1.165, 1.54) is 0 Å². The first-order valence-corrected chi connectivity index (χ1v) is 5.30. The van der Waals surface area contributed by atoms with E-state index in [1.807, 2.05) is 13.8 Å². The Hall–Kier alpha value is -0.610. The Kier molecular flexibility index (Phi) is 4.90. The third-order valence-electron chi connectivity index (χ3n) is 2.32. The molecule has 0 bridgehead atoms. The lowest BCUT2D eigenvalue weighted by Crippen LogP contribution is -2.46. The minimum atomic E-state index is 0.121. The zero-order valence-corrected chi connectivity index (χ0v) is 9.01. The summed E-state index contributed by atoms with van der Waals surface area (Å²) in [4.78, 5) is 11.4. The number of carbonyl (C=O) groups excluding carboxylic acids is 1. The van der Waals surface area contributed by atoms with Crippen LogP contribution in [0, 0.1) is 5.92 Å². The van der Waals surface area contributed by atoms with E-state index in [2.05, 4.69) is 10.6 Å². The molecule has 82 valence electrons. The van der Waals surface area contributed by atoms with Gasteiger partial charge >= 0.3 is 0 Å². The molecule has 1 aliphatic heterocycles. The molecular formula is C10H20N2O2. The topological polar surface area (TPSA) is 50.4 Å². The van der Waals surface area contributed by atoms with Gasteiger partial charge in [-0.1, -0.05) is 0 Å². The van der Waals surface area contributed by atoms with Crippen molar-refractivity contribution < 1.29 is 9.53 Å². The molecule has 1 amide bonds. The Morgan fingerprint density at radius 3 is 2.86 bits per heavy atom. The average Bonchev–Trinajstić information content (AvgIpc) is 2.08. The van der Waals surface area contributed by atoms with Gasteiger partial charge < -0.3 is 15.4 Å². The molecule has 1 atom stereocenters. The summed E-state index contributed by atoms with van der Waals surface area (Å²) in [6.45, 7) is 7.18. The van der Waals surface area contributed by atoms with Crippen LogP contribution in [0.2, 0.25) is 0 Å². The van der Waals surface area contributed by atoms with Crippen LogP contribution in [0.3, 0.4) is 0 Å². The fraction of sp³-hybridized carbons (Fsp3) is 0.900. The SMILES string of the molecule is CCOCC(C)NC(=O)CC1CNC1. The second-order valence-corrected chi connectivity index (χ2v) is 3.86. The second kappa shape index (κ2) is 5.98. The van der Waals surface area contributed by atoms with Crippen LogP contribution in [0.5, 0.6) is 0 Å². The molecule has 14 heavy (non-hydrogen) atoms. The zero-order chi connectivity index (χ0) is 10.4. The molecule has 0 aromatic rings. The fourth-order valence-corrected chi connectivity index (χ4v) is 1.43. The molecule has 1 rings (SSSR count). The van der Waals surface area contributed by atoms with Gasteiger partial charge in [0.25, 0.3) is 0 Å². The van der Waals surface area contributed by atoms with Gasteiger partial charge in [-0.25, -0.2) is 0 Å². The van der Waals surface area contributed by atoms with Crippen LogP contribution in [-0.2, 0) is 9.53 Å². The zero-order valence-electron chi connectivity index (χ0n) is 9.01. The maximum Gasteiger partial charge on any atom is 0.220 e. The minimum Gasteiger partial charge on any atom is -0.380 e. The van der Waals surface area contributed by atoms with E-state index >= 15 is 0 Å². The Morgan fingerprint density at radius 1 is 1.64 bits per heavy atom. The van der Waals surface area contributed by atoms with Gasteiger partial charge in [0.2, 0.25) is 5.91 Å². The van der Waals surface area contributed by atoms with E-state index in [9.17, 15) is 4.79 Å². The molecular weight excluding hydrogens is 180 g/mol. The molecule has 1 unspecified atom stereocenters. The van der Waals surface area contributed by atoms with Gasteiger partial charge in [0.15, 0.2) is 0 Å². The third kappa shape index (κ3) is 4.07. The highest BCUT2D eigenvalue weighted by atomic mass is 16.5. The highest BCUT2D eigenvalue weighted by molar-refractivity contribution is 5.76. The highest BCUT2D eigenvalue weighted by Gasteiger charge is 2.20. The van der Waals surface area contributed by atoms with Crippen molar-refractivity contribution in [1.29, 1.82) is 0 Å². The normalized spacial score (nSPS) is 18.7. The molecule has 0 aromatic carbocycles. The fourth-order valence-electron chi connectivity index (χ4n) is 1.43. The van der Waals surface area contributed by atoms with E-state index in [0.717, 1.165) is 13.1 Å². The number of hydrogen-bond acceptors (Lipinski definition) is 3. The van der Waals surface area contributed by atoms with Crippen LogP contribution in [0.4, 0.5) is 0 Å². The summed E-state index contributed by atoms with van der Waals surface area (Å²) < 4.78 is 5.21. The van der Waals surface area contributed by atoms with E-state index in [4.69, 9.17) is 4.74 Å². The summed E-state index contributed by atoms with van der Waals surface area (Å²) in [7, 11) is 0. The van der Waals surface area contributed by atoms with Crippen LogP contribution >= 0.6 is 0 Å². The van der Waals surface area contributed by atoms with Crippen molar-refractivity contribution in [2.45, 2.75) is 26.3 Å². The molecule has 0 aliphatic carbocycles. The summed E-state index contributed by atoms with van der Waals surface area (Å²) in [6.07, 6.45) is 0.642. The summed E-state index contributed by atoms with van der Waals surface area (Å²) >= 11 is 0. The Bertz CT molecular complexity index is 181. The highest BCUT2D eigenvalue weighted by Crippen LogP contribution is 2.07. The molecule has 4 nitrogen and oxygen atoms in total.